The van der Waals surface area contributed by atoms with E-state index in [9.17, 15) is 0 Å². The Labute approximate surface area is 130 Å². The van der Waals surface area contributed by atoms with E-state index in [1.807, 2.05) is 0 Å². The van der Waals surface area contributed by atoms with Gasteiger partial charge in [0.15, 0.2) is 0 Å². The van der Waals surface area contributed by atoms with Gasteiger partial charge in [-0.1, -0.05) is 45.0 Å². The molecule has 1 unspecified atom stereocenters. The summed E-state index contributed by atoms with van der Waals surface area (Å²) < 4.78 is 0. The molecule has 1 heterocycles. The third-order valence-electron chi connectivity index (χ3n) is 5.54. The van der Waals surface area contributed by atoms with Crippen LogP contribution in [0.15, 0.2) is 24.3 Å². The van der Waals surface area contributed by atoms with Gasteiger partial charge in [-0.2, -0.15) is 0 Å². The Morgan fingerprint density at radius 1 is 1.00 bits per heavy atom. The van der Waals surface area contributed by atoms with E-state index in [1.165, 1.54) is 37.1 Å². The molecule has 1 saturated heterocycles. The van der Waals surface area contributed by atoms with Crippen molar-refractivity contribution in [1.82, 2.24) is 4.90 Å². The van der Waals surface area contributed by atoms with E-state index in [4.69, 9.17) is 5.73 Å². The number of nitrogens with zero attached hydrogens (tertiary/aromatic N) is 1. The van der Waals surface area contributed by atoms with Crippen molar-refractivity contribution in [2.24, 2.45) is 5.73 Å². The lowest BCUT2D eigenvalue weighted by atomic mass is 9.80. The first-order valence-electron chi connectivity index (χ1n) is 8.74. The van der Waals surface area contributed by atoms with Crippen molar-refractivity contribution in [2.75, 3.05) is 13.1 Å². The van der Waals surface area contributed by atoms with Crippen LogP contribution in [0.2, 0.25) is 0 Å². The highest BCUT2D eigenvalue weighted by atomic mass is 15.2. The van der Waals surface area contributed by atoms with Crippen LogP contribution in [0, 0.1) is 0 Å². The van der Waals surface area contributed by atoms with Gasteiger partial charge in [-0.15, -0.1) is 0 Å². The fourth-order valence-corrected chi connectivity index (χ4v) is 3.97. The van der Waals surface area contributed by atoms with Gasteiger partial charge in [-0.05, 0) is 62.7 Å². The maximum Gasteiger partial charge on any atom is 0.0358 e. The first-order chi connectivity index (χ1) is 10.2. The molecule has 1 aromatic rings. The van der Waals surface area contributed by atoms with E-state index in [0.29, 0.717) is 0 Å². The van der Waals surface area contributed by atoms with E-state index >= 15 is 0 Å². The van der Waals surface area contributed by atoms with Crippen LogP contribution < -0.4 is 5.73 Å². The Morgan fingerprint density at radius 3 is 2.00 bits per heavy atom. The average molecular weight is 288 g/mol. The van der Waals surface area contributed by atoms with Gasteiger partial charge in [-0.25, -0.2) is 0 Å². The van der Waals surface area contributed by atoms with Gasteiger partial charge >= 0.3 is 0 Å². The largest absolute Gasteiger partial charge is 0.326 e. The minimum absolute atomic E-state index is 0.180. The van der Waals surface area contributed by atoms with E-state index < -0.39 is 0 Å². The van der Waals surface area contributed by atoms with Gasteiger partial charge in [0.25, 0.3) is 0 Å². The smallest absolute Gasteiger partial charge is 0.0358 e. The number of likely N-dealkylation sites (tertiary alicyclic amines) is 1. The third-order valence-corrected chi connectivity index (χ3v) is 5.54. The Hall–Kier alpha value is -0.860. The highest BCUT2D eigenvalue weighted by Gasteiger charge is 2.40. The topological polar surface area (TPSA) is 29.3 Å². The molecule has 1 atom stereocenters. The summed E-state index contributed by atoms with van der Waals surface area (Å²) in [5.41, 5.74) is 9.68. The molecule has 1 aromatic carbocycles. The fourth-order valence-electron chi connectivity index (χ4n) is 3.97. The fraction of sp³-hybridized carbons (Fsp3) is 0.684. The predicted octanol–water partition coefficient (Wildman–Crippen LogP) is 3.77. The molecule has 0 bridgehead atoms. The number of rotatable bonds is 7. The van der Waals surface area contributed by atoms with Gasteiger partial charge in [0, 0.05) is 11.6 Å². The van der Waals surface area contributed by atoms with Crippen LogP contribution in [-0.2, 0) is 12.8 Å². The zero-order valence-corrected chi connectivity index (χ0v) is 14.1. The summed E-state index contributed by atoms with van der Waals surface area (Å²) in [6, 6.07) is 9.24. The van der Waals surface area contributed by atoms with Crippen molar-refractivity contribution in [3.8, 4) is 0 Å². The lowest BCUT2D eigenvalue weighted by Gasteiger charge is -2.45. The molecule has 0 amide bonds. The van der Waals surface area contributed by atoms with Crippen LogP contribution in [0.1, 0.15) is 57.6 Å². The first kappa shape index (κ1) is 16.5. The molecule has 21 heavy (non-hydrogen) atoms. The van der Waals surface area contributed by atoms with Crippen LogP contribution >= 0.6 is 0 Å². The molecule has 1 aliphatic heterocycles. The Morgan fingerprint density at radius 2 is 1.52 bits per heavy atom. The zero-order chi connectivity index (χ0) is 15.3. The van der Waals surface area contributed by atoms with Crippen molar-refractivity contribution in [1.29, 1.82) is 0 Å². The Kier molecular flexibility index (Phi) is 5.83. The molecule has 0 saturated carbocycles. The highest BCUT2D eigenvalue weighted by molar-refractivity contribution is 5.24. The molecule has 0 aliphatic carbocycles. The standard InChI is InChI=1S/C19H32N2/c1-4-16-9-11-17(12-10-16)15-18(20)19(5-2,6-3)21-13-7-8-14-21/h9-12,18H,4-8,13-15,20H2,1-3H3. The maximum atomic E-state index is 6.71. The first-order valence-corrected chi connectivity index (χ1v) is 8.74. The van der Waals surface area contributed by atoms with Crippen LogP contribution in [-0.4, -0.2) is 29.6 Å². The second kappa shape index (κ2) is 7.42. The minimum Gasteiger partial charge on any atom is -0.326 e. The quantitative estimate of drug-likeness (QED) is 0.827. The van der Waals surface area contributed by atoms with Gasteiger partial charge in [-0.3, -0.25) is 4.90 Å². The van der Waals surface area contributed by atoms with Gasteiger partial charge < -0.3 is 5.73 Å². The van der Waals surface area contributed by atoms with E-state index in [-0.39, 0.29) is 11.6 Å². The summed E-state index contributed by atoms with van der Waals surface area (Å²) in [5.74, 6) is 0. The number of hydrogen-bond acceptors (Lipinski definition) is 2. The minimum atomic E-state index is 0.180. The summed E-state index contributed by atoms with van der Waals surface area (Å²) in [6.07, 6.45) is 7.06. The average Bonchev–Trinajstić information content (AvgIpc) is 3.05. The van der Waals surface area contributed by atoms with Crippen LogP contribution in [0.4, 0.5) is 0 Å². The normalized spacial score (nSPS) is 18.1. The number of hydrogen-bond donors (Lipinski definition) is 1. The molecule has 1 aliphatic rings. The van der Waals surface area contributed by atoms with Crippen molar-refractivity contribution < 1.29 is 0 Å². The van der Waals surface area contributed by atoms with Crippen molar-refractivity contribution in [2.45, 2.75) is 70.9 Å². The lowest BCUT2D eigenvalue weighted by molar-refractivity contribution is 0.0768. The summed E-state index contributed by atoms with van der Waals surface area (Å²) in [5, 5.41) is 0. The Balaban J connectivity index is 2.11. The summed E-state index contributed by atoms with van der Waals surface area (Å²) in [6.45, 7) is 9.27. The number of nitrogens with two attached hydrogens (primary N) is 1. The summed E-state index contributed by atoms with van der Waals surface area (Å²) >= 11 is 0. The molecule has 2 heteroatoms. The van der Waals surface area contributed by atoms with Crippen molar-refractivity contribution in [3.05, 3.63) is 35.4 Å². The SMILES string of the molecule is CCc1ccc(CC(N)C(CC)(CC)N2CCCC2)cc1. The molecular formula is C19H32N2. The number of benzene rings is 1. The molecular weight excluding hydrogens is 256 g/mol. The second-order valence-electron chi connectivity index (χ2n) is 6.49. The molecule has 2 rings (SSSR count). The van der Waals surface area contributed by atoms with Crippen molar-refractivity contribution >= 4 is 0 Å². The Bertz CT molecular complexity index is 414. The van der Waals surface area contributed by atoms with E-state index in [2.05, 4.69) is 49.9 Å². The molecule has 2 nitrogen and oxygen atoms in total. The van der Waals surface area contributed by atoms with E-state index in [1.54, 1.807) is 0 Å². The molecule has 1 fully saturated rings. The van der Waals surface area contributed by atoms with Crippen LogP contribution in [0.5, 0.6) is 0 Å². The second-order valence-corrected chi connectivity index (χ2v) is 6.49. The van der Waals surface area contributed by atoms with Crippen LogP contribution in [0.3, 0.4) is 0 Å². The molecule has 118 valence electrons. The van der Waals surface area contributed by atoms with Gasteiger partial charge in [0.05, 0.1) is 0 Å². The summed E-state index contributed by atoms with van der Waals surface area (Å²) in [4.78, 5) is 2.66. The van der Waals surface area contributed by atoms with Gasteiger partial charge in [0.2, 0.25) is 0 Å². The maximum absolute atomic E-state index is 6.71. The third kappa shape index (κ3) is 3.49. The molecule has 0 aromatic heterocycles. The summed E-state index contributed by atoms with van der Waals surface area (Å²) in [7, 11) is 0. The van der Waals surface area contributed by atoms with Gasteiger partial charge in [0.1, 0.15) is 0 Å². The number of aryl methyl sites for hydroxylation is 1. The van der Waals surface area contributed by atoms with Crippen molar-refractivity contribution in [3.63, 3.8) is 0 Å². The van der Waals surface area contributed by atoms with E-state index in [0.717, 1.165) is 25.7 Å². The zero-order valence-electron chi connectivity index (χ0n) is 14.1. The molecule has 0 spiro atoms. The lowest BCUT2D eigenvalue weighted by Crippen LogP contribution is -2.59. The predicted molar refractivity (Wildman–Crippen MR) is 91.6 cm³/mol. The highest BCUT2D eigenvalue weighted by Crippen LogP contribution is 2.32. The van der Waals surface area contributed by atoms with Crippen LogP contribution in [0.25, 0.3) is 0 Å². The monoisotopic (exact) mass is 288 g/mol. The molecule has 2 N–H and O–H groups in total. The molecule has 0 radical (unpaired) electrons.